The maximum Gasteiger partial charge on any atom is 0.414 e. The second-order valence-corrected chi connectivity index (χ2v) is 17.5. The Morgan fingerprint density at radius 1 is 0.964 bits per heavy atom. The van der Waals surface area contributed by atoms with Crippen LogP contribution in [-0.2, 0) is 30.3 Å². The maximum atomic E-state index is 13.1. The molecular weight excluding hydrogens is 747 g/mol. The van der Waals surface area contributed by atoms with Crippen LogP contribution >= 0.6 is 22.7 Å². The molecule has 1 atom stereocenters. The number of aromatic nitrogens is 2. The summed E-state index contributed by atoms with van der Waals surface area (Å²) in [6.07, 6.45) is 3.97. The molecule has 0 unspecified atom stereocenters. The standard InChI is InChI=1S/C38H53N7O8S2/c1-23-11-12-25(45(23)35(51)53-37(6,7)8)19-30(48)44-38(15-16-38)29(47)20-26(46)13-14-31-42-28(22-54-31)33-43-27(21-55-33)32(49)40-18-10-9-17-39-24(2)41-34(50)52-36(3,4)5/h19,21-23,39H,2,9-18,20H2,1,3-8H3,(H,40,49)(H,41,50)(H,44,48)/b25-19-/t23-/m0/s1. The van der Waals surface area contributed by atoms with Gasteiger partial charge < -0.3 is 25.4 Å². The largest absolute Gasteiger partial charge is 0.444 e. The van der Waals surface area contributed by atoms with Crippen molar-refractivity contribution in [2.24, 2.45) is 0 Å². The second kappa shape index (κ2) is 18.3. The molecule has 0 bridgehead atoms. The van der Waals surface area contributed by atoms with Gasteiger partial charge in [-0.1, -0.05) is 6.58 Å². The molecule has 4 N–H and O–H groups in total. The Hall–Kier alpha value is -4.64. The number of nitrogens with one attached hydrogen (secondary N) is 4. The number of carbonyl (C=O) groups excluding carboxylic acids is 6. The zero-order chi connectivity index (χ0) is 40.6. The van der Waals surface area contributed by atoms with Crippen LogP contribution in [-0.4, -0.2) is 86.3 Å². The highest BCUT2D eigenvalue weighted by atomic mass is 32.1. The molecule has 4 amide bonds. The normalized spacial score (nSPS) is 17.0. The molecule has 2 fully saturated rings. The van der Waals surface area contributed by atoms with E-state index in [9.17, 15) is 28.8 Å². The Balaban J connectivity index is 1.16. The molecule has 2 aromatic rings. The molecule has 0 spiro atoms. The number of Topliss-reactive ketones (excluding diaryl/α,β-unsaturated/α-hetero) is 2. The smallest absolute Gasteiger partial charge is 0.414 e. The van der Waals surface area contributed by atoms with Gasteiger partial charge in [0.2, 0.25) is 5.91 Å². The number of amides is 4. The SMILES string of the molecule is C=C(NCCCCNC(=O)c1csc(-c2csc(CCC(=O)CC(=O)C3(NC(=O)/C=C4/CC[C@H](C)N4C(=O)OC(C)(C)C)CC3)n2)n1)NC(=O)OC(C)(C)C. The van der Waals surface area contributed by atoms with E-state index in [2.05, 4.69) is 37.8 Å². The third-order valence-electron chi connectivity index (χ3n) is 8.47. The van der Waals surface area contributed by atoms with E-state index in [1.807, 2.05) is 12.3 Å². The summed E-state index contributed by atoms with van der Waals surface area (Å²) in [4.78, 5) is 86.7. The van der Waals surface area contributed by atoms with E-state index in [1.165, 1.54) is 33.6 Å². The first-order chi connectivity index (χ1) is 25.7. The van der Waals surface area contributed by atoms with Crippen LogP contribution in [0.4, 0.5) is 9.59 Å². The summed E-state index contributed by atoms with van der Waals surface area (Å²) in [5.41, 5.74) is -0.923. The van der Waals surface area contributed by atoms with Gasteiger partial charge in [0.05, 0.1) is 17.0 Å². The summed E-state index contributed by atoms with van der Waals surface area (Å²) in [5, 5.41) is 16.0. The maximum absolute atomic E-state index is 13.1. The average Bonchev–Trinajstić information content (AvgIpc) is 3.38. The molecule has 1 saturated heterocycles. The van der Waals surface area contributed by atoms with Gasteiger partial charge in [-0.05, 0) is 87.0 Å². The van der Waals surface area contributed by atoms with Crippen molar-refractivity contribution in [2.75, 3.05) is 13.1 Å². The number of carbonyl (C=O) groups is 6. The third-order valence-corrected chi connectivity index (χ3v) is 10.2. The van der Waals surface area contributed by atoms with Gasteiger partial charge in [0.1, 0.15) is 39.2 Å². The van der Waals surface area contributed by atoms with E-state index < -0.39 is 34.8 Å². The van der Waals surface area contributed by atoms with Crippen molar-refractivity contribution in [3.8, 4) is 10.7 Å². The van der Waals surface area contributed by atoms with Gasteiger partial charge in [0.15, 0.2) is 5.78 Å². The monoisotopic (exact) mass is 799 g/mol. The van der Waals surface area contributed by atoms with Crippen molar-refractivity contribution in [1.82, 2.24) is 36.1 Å². The predicted octanol–water partition coefficient (Wildman–Crippen LogP) is 5.78. The van der Waals surface area contributed by atoms with E-state index in [0.717, 1.165) is 6.42 Å². The molecule has 1 saturated carbocycles. The number of allylic oxidation sites excluding steroid dienone is 1. The molecule has 55 heavy (non-hydrogen) atoms. The quantitative estimate of drug-likeness (QED) is 0.0861. The van der Waals surface area contributed by atoms with Gasteiger partial charge in [-0.15, -0.1) is 22.7 Å². The highest BCUT2D eigenvalue weighted by Crippen LogP contribution is 2.38. The van der Waals surface area contributed by atoms with E-state index >= 15 is 0 Å². The summed E-state index contributed by atoms with van der Waals surface area (Å²) in [6, 6.07) is -0.121. The fourth-order valence-electron chi connectivity index (χ4n) is 5.62. The molecule has 2 aromatic heterocycles. The lowest BCUT2D eigenvalue weighted by Gasteiger charge is -2.28. The minimum atomic E-state index is -1.07. The summed E-state index contributed by atoms with van der Waals surface area (Å²) in [5.74, 6) is -1.00. The topological polar surface area (TPSA) is 198 Å². The third kappa shape index (κ3) is 13.6. The summed E-state index contributed by atoms with van der Waals surface area (Å²) >= 11 is 2.67. The molecule has 0 aromatic carbocycles. The molecule has 0 radical (unpaired) electrons. The Bertz CT molecular complexity index is 1800. The summed E-state index contributed by atoms with van der Waals surface area (Å²) in [7, 11) is 0. The minimum absolute atomic E-state index is 0.116. The number of ether oxygens (including phenoxy) is 2. The lowest BCUT2D eigenvalue weighted by molar-refractivity contribution is -0.131. The number of thiazole rings is 2. The number of alkyl carbamates (subject to hydrolysis) is 1. The van der Waals surface area contributed by atoms with Crippen molar-refractivity contribution < 1.29 is 38.2 Å². The zero-order valence-electron chi connectivity index (χ0n) is 32.7. The van der Waals surface area contributed by atoms with Gasteiger partial charge in [0, 0.05) is 54.5 Å². The summed E-state index contributed by atoms with van der Waals surface area (Å²) in [6.45, 7) is 17.3. The first-order valence-electron chi connectivity index (χ1n) is 18.4. The van der Waals surface area contributed by atoms with Crippen molar-refractivity contribution >= 4 is 58.2 Å². The van der Waals surface area contributed by atoms with Crippen LogP contribution in [0.25, 0.3) is 10.7 Å². The van der Waals surface area contributed by atoms with Crippen molar-refractivity contribution in [3.63, 3.8) is 0 Å². The van der Waals surface area contributed by atoms with Crippen LogP contribution in [0, 0.1) is 0 Å². The first-order valence-corrected chi connectivity index (χ1v) is 20.2. The highest BCUT2D eigenvalue weighted by Gasteiger charge is 2.50. The first kappa shape index (κ1) is 43.1. The Kier molecular flexibility index (Phi) is 14.4. The number of aryl methyl sites for hydroxylation is 1. The van der Waals surface area contributed by atoms with Crippen LogP contribution in [0.2, 0.25) is 0 Å². The molecule has 17 heteroatoms. The van der Waals surface area contributed by atoms with Gasteiger partial charge >= 0.3 is 12.2 Å². The van der Waals surface area contributed by atoms with E-state index in [4.69, 9.17) is 9.47 Å². The van der Waals surface area contributed by atoms with Crippen LogP contribution in [0.1, 0.15) is 115 Å². The zero-order valence-corrected chi connectivity index (χ0v) is 34.4. The Labute approximate surface area is 330 Å². The number of hydrogen-bond donors (Lipinski definition) is 4. The number of rotatable bonds is 17. The van der Waals surface area contributed by atoms with Crippen LogP contribution in [0.15, 0.2) is 34.9 Å². The van der Waals surface area contributed by atoms with Crippen molar-refractivity contribution in [1.29, 1.82) is 0 Å². The lowest BCUT2D eigenvalue weighted by atomic mass is 10.0. The molecule has 1 aliphatic carbocycles. The van der Waals surface area contributed by atoms with Gasteiger partial charge in [-0.3, -0.25) is 29.4 Å². The highest BCUT2D eigenvalue weighted by molar-refractivity contribution is 7.14. The molecule has 1 aliphatic heterocycles. The van der Waals surface area contributed by atoms with Crippen LogP contribution in [0.3, 0.4) is 0 Å². The van der Waals surface area contributed by atoms with Crippen molar-refractivity contribution in [3.05, 3.63) is 45.6 Å². The predicted molar refractivity (Wildman–Crippen MR) is 209 cm³/mol. The van der Waals surface area contributed by atoms with E-state index in [1.54, 1.807) is 46.9 Å². The summed E-state index contributed by atoms with van der Waals surface area (Å²) < 4.78 is 10.7. The van der Waals surface area contributed by atoms with Gasteiger partial charge in [-0.25, -0.2) is 19.6 Å². The molecule has 3 heterocycles. The molecule has 300 valence electrons. The fraction of sp³-hybridized carbons (Fsp3) is 0.579. The number of likely N-dealkylation sites (tertiary alicyclic amines) is 1. The van der Waals surface area contributed by atoms with E-state index in [-0.39, 0.29) is 42.1 Å². The Morgan fingerprint density at radius 3 is 2.29 bits per heavy atom. The van der Waals surface area contributed by atoms with Crippen molar-refractivity contribution in [2.45, 2.75) is 129 Å². The molecular formula is C38H53N7O8S2. The number of unbranched alkanes of at least 4 members (excludes halogenated alkanes) is 1. The average molecular weight is 800 g/mol. The Morgan fingerprint density at radius 2 is 1.64 bits per heavy atom. The van der Waals surface area contributed by atoms with Gasteiger partial charge in [-0.2, -0.15) is 0 Å². The minimum Gasteiger partial charge on any atom is -0.444 e. The van der Waals surface area contributed by atoms with E-state index in [0.29, 0.717) is 78.8 Å². The number of nitrogens with zero attached hydrogens (tertiary/aromatic N) is 3. The van der Waals surface area contributed by atoms with Crippen LogP contribution in [0.5, 0.6) is 0 Å². The number of hydrogen-bond acceptors (Lipinski definition) is 13. The van der Waals surface area contributed by atoms with Crippen LogP contribution < -0.4 is 21.3 Å². The number of ketones is 2. The fourth-order valence-corrected chi connectivity index (χ4v) is 7.23. The molecule has 15 nitrogen and oxygen atoms in total. The molecule has 4 rings (SSSR count). The second-order valence-electron chi connectivity index (χ2n) is 15.7. The van der Waals surface area contributed by atoms with Gasteiger partial charge in [0.25, 0.3) is 5.91 Å². The molecule has 2 aliphatic rings. The lowest BCUT2D eigenvalue weighted by Crippen LogP contribution is -2.44.